The summed E-state index contributed by atoms with van der Waals surface area (Å²) in [5, 5.41) is 8.28. The minimum absolute atomic E-state index is 0.206. The van der Waals surface area contributed by atoms with Gasteiger partial charge in [-0.05, 0) is 12.1 Å². The molecular weight excluding hydrogens is 150 g/mol. The molecule has 0 saturated heterocycles. The molecule has 1 aromatic rings. The number of benzene rings is 1. The summed E-state index contributed by atoms with van der Waals surface area (Å²) in [7, 11) is 0. The summed E-state index contributed by atoms with van der Waals surface area (Å²) >= 11 is 0. The predicted molar refractivity (Wildman–Crippen MR) is 36.3 cm³/mol. The van der Waals surface area contributed by atoms with Crippen LogP contribution in [0.4, 0.5) is 8.78 Å². The van der Waals surface area contributed by atoms with Gasteiger partial charge in [0.15, 0.2) is 0 Å². The molecule has 0 amide bonds. The van der Waals surface area contributed by atoms with Crippen molar-refractivity contribution >= 4 is 0 Å². The van der Waals surface area contributed by atoms with Crippen LogP contribution in [-0.2, 0) is 5.92 Å². The van der Waals surface area contributed by atoms with Crippen molar-refractivity contribution in [1.82, 2.24) is 0 Å². The Balaban J connectivity index is 2.93. The van der Waals surface area contributed by atoms with E-state index in [9.17, 15) is 8.78 Å². The summed E-state index contributed by atoms with van der Waals surface area (Å²) in [5.41, 5.74) is -0.206. The van der Waals surface area contributed by atoms with E-state index in [1.54, 1.807) is 0 Å². The van der Waals surface area contributed by atoms with Crippen LogP contribution in [0.15, 0.2) is 24.3 Å². The molecule has 0 spiro atoms. The topological polar surface area (TPSA) is 20.2 Å². The van der Waals surface area contributed by atoms with Crippen LogP contribution < -0.4 is 0 Å². The van der Waals surface area contributed by atoms with Gasteiger partial charge in [-0.2, -0.15) is 8.78 Å². The highest BCUT2D eigenvalue weighted by Crippen LogP contribution is 2.25. The molecule has 0 aromatic heterocycles. The first-order chi connectivity index (χ1) is 5.17. The van der Waals surface area contributed by atoms with Gasteiger partial charge in [-0.25, -0.2) is 0 Å². The molecule has 1 radical (unpaired) electrons. The monoisotopic (exact) mass is 157 g/mol. The van der Waals surface area contributed by atoms with E-state index in [1.165, 1.54) is 18.2 Å². The molecule has 59 valence electrons. The third kappa shape index (κ3) is 1.74. The van der Waals surface area contributed by atoms with Crippen LogP contribution in [0.1, 0.15) is 5.56 Å². The lowest BCUT2D eigenvalue weighted by Gasteiger charge is -2.12. The average molecular weight is 157 g/mol. The number of hydrogen-bond acceptors (Lipinski definition) is 1. The Kier molecular flexibility index (Phi) is 2.19. The first-order valence-electron chi connectivity index (χ1n) is 3.12. The summed E-state index contributed by atoms with van der Waals surface area (Å²) in [6.45, 7) is -1.16. The Morgan fingerprint density at radius 2 is 2.27 bits per heavy atom. The molecule has 0 saturated carbocycles. The van der Waals surface area contributed by atoms with Crippen molar-refractivity contribution in [2.75, 3.05) is 6.61 Å². The SMILES string of the molecule is OCC(F)(F)c1c[c]ccc1. The van der Waals surface area contributed by atoms with E-state index >= 15 is 0 Å². The van der Waals surface area contributed by atoms with E-state index in [0.29, 0.717) is 0 Å². The Morgan fingerprint density at radius 1 is 1.55 bits per heavy atom. The van der Waals surface area contributed by atoms with Crippen LogP contribution in [0.2, 0.25) is 0 Å². The molecule has 0 heterocycles. The van der Waals surface area contributed by atoms with Gasteiger partial charge in [0.05, 0.1) is 0 Å². The van der Waals surface area contributed by atoms with Crippen molar-refractivity contribution in [3.05, 3.63) is 35.9 Å². The summed E-state index contributed by atoms with van der Waals surface area (Å²) in [6, 6.07) is 7.91. The highest BCUT2D eigenvalue weighted by molar-refractivity contribution is 5.18. The second kappa shape index (κ2) is 2.96. The number of rotatable bonds is 2. The zero-order valence-electron chi connectivity index (χ0n) is 5.72. The van der Waals surface area contributed by atoms with Gasteiger partial charge in [0, 0.05) is 5.56 Å². The lowest BCUT2D eigenvalue weighted by atomic mass is 10.1. The van der Waals surface area contributed by atoms with Gasteiger partial charge in [-0.15, -0.1) is 0 Å². The van der Waals surface area contributed by atoms with Gasteiger partial charge in [-0.3, -0.25) is 0 Å². The molecular formula is C8H7F2O. The molecule has 3 heteroatoms. The lowest BCUT2D eigenvalue weighted by molar-refractivity contribution is -0.0556. The van der Waals surface area contributed by atoms with Gasteiger partial charge < -0.3 is 5.11 Å². The van der Waals surface area contributed by atoms with Crippen molar-refractivity contribution in [2.45, 2.75) is 5.92 Å². The normalized spacial score (nSPS) is 11.5. The molecule has 11 heavy (non-hydrogen) atoms. The molecule has 1 nitrogen and oxygen atoms in total. The zero-order valence-corrected chi connectivity index (χ0v) is 5.72. The minimum atomic E-state index is -3.14. The Labute approximate surface area is 63.3 Å². The predicted octanol–water partition coefficient (Wildman–Crippen LogP) is 1.57. The molecule has 1 rings (SSSR count). The summed E-state index contributed by atoms with van der Waals surface area (Å²) in [6.07, 6.45) is 0. The van der Waals surface area contributed by atoms with Crippen LogP contribution in [0.3, 0.4) is 0 Å². The Bertz CT molecular complexity index is 221. The number of alkyl halides is 2. The van der Waals surface area contributed by atoms with Crippen molar-refractivity contribution < 1.29 is 13.9 Å². The van der Waals surface area contributed by atoms with Crippen molar-refractivity contribution in [3.8, 4) is 0 Å². The number of aliphatic hydroxyl groups excluding tert-OH is 1. The standard InChI is InChI=1S/C8H7F2O/c9-8(10,6-11)7-4-2-1-3-5-7/h1-2,4-5,11H,6H2. The molecule has 0 unspecified atom stereocenters. The first-order valence-corrected chi connectivity index (χ1v) is 3.12. The number of halogens is 2. The third-order valence-corrected chi connectivity index (χ3v) is 1.33. The van der Waals surface area contributed by atoms with E-state index < -0.39 is 12.5 Å². The summed E-state index contributed by atoms with van der Waals surface area (Å²) in [5.74, 6) is -3.14. The fraction of sp³-hybridized carbons (Fsp3) is 0.250. The van der Waals surface area contributed by atoms with Gasteiger partial charge in [0.2, 0.25) is 0 Å². The largest absolute Gasteiger partial charge is 0.390 e. The van der Waals surface area contributed by atoms with Crippen LogP contribution in [0.5, 0.6) is 0 Å². The van der Waals surface area contributed by atoms with Crippen molar-refractivity contribution in [3.63, 3.8) is 0 Å². The Morgan fingerprint density at radius 3 is 2.73 bits per heavy atom. The Hall–Kier alpha value is -0.960. The van der Waals surface area contributed by atoms with E-state index in [1.807, 2.05) is 0 Å². The van der Waals surface area contributed by atoms with E-state index in [-0.39, 0.29) is 5.56 Å². The van der Waals surface area contributed by atoms with Crippen LogP contribution in [0, 0.1) is 6.07 Å². The maximum Gasteiger partial charge on any atom is 0.295 e. The smallest absolute Gasteiger partial charge is 0.295 e. The summed E-state index contributed by atoms with van der Waals surface area (Å²) in [4.78, 5) is 0. The maximum atomic E-state index is 12.6. The van der Waals surface area contributed by atoms with E-state index in [4.69, 9.17) is 5.11 Å². The second-order valence-electron chi connectivity index (χ2n) is 2.15. The summed E-state index contributed by atoms with van der Waals surface area (Å²) < 4.78 is 25.2. The molecule has 1 aromatic carbocycles. The first kappa shape index (κ1) is 8.14. The molecule has 0 atom stereocenters. The van der Waals surface area contributed by atoms with E-state index in [2.05, 4.69) is 6.07 Å². The fourth-order valence-electron chi connectivity index (χ4n) is 0.712. The second-order valence-corrected chi connectivity index (χ2v) is 2.15. The van der Waals surface area contributed by atoms with E-state index in [0.717, 1.165) is 6.07 Å². The van der Waals surface area contributed by atoms with Crippen molar-refractivity contribution in [2.24, 2.45) is 0 Å². The molecule has 0 aliphatic carbocycles. The highest BCUT2D eigenvalue weighted by atomic mass is 19.3. The molecule has 0 aliphatic rings. The van der Waals surface area contributed by atoms with Gasteiger partial charge in [-0.1, -0.05) is 18.2 Å². The van der Waals surface area contributed by atoms with Gasteiger partial charge in [0.1, 0.15) is 6.61 Å². The molecule has 0 aliphatic heterocycles. The molecule has 1 N–H and O–H groups in total. The highest BCUT2D eigenvalue weighted by Gasteiger charge is 2.29. The molecule has 0 bridgehead atoms. The van der Waals surface area contributed by atoms with Gasteiger partial charge in [0.25, 0.3) is 5.92 Å². The fourth-order valence-corrected chi connectivity index (χ4v) is 0.712. The third-order valence-electron chi connectivity index (χ3n) is 1.33. The van der Waals surface area contributed by atoms with Crippen molar-refractivity contribution in [1.29, 1.82) is 0 Å². The lowest BCUT2D eigenvalue weighted by Crippen LogP contribution is -2.17. The van der Waals surface area contributed by atoms with Gasteiger partial charge >= 0.3 is 0 Å². The van der Waals surface area contributed by atoms with Crippen LogP contribution >= 0.6 is 0 Å². The zero-order chi connectivity index (χ0) is 8.32. The van der Waals surface area contributed by atoms with Crippen LogP contribution in [0.25, 0.3) is 0 Å². The molecule has 0 fully saturated rings. The minimum Gasteiger partial charge on any atom is -0.390 e. The number of hydrogen-bond donors (Lipinski definition) is 1. The maximum absolute atomic E-state index is 12.6. The van der Waals surface area contributed by atoms with Crippen LogP contribution in [-0.4, -0.2) is 11.7 Å². The number of aliphatic hydroxyl groups is 1. The quantitative estimate of drug-likeness (QED) is 0.690. The average Bonchev–Trinajstić information content (AvgIpc) is 2.06.